The molecule has 0 spiro atoms. The van der Waals surface area contributed by atoms with Crippen molar-refractivity contribution >= 4 is 21.8 Å². The lowest BCUT2D eigenvalue weighted by Crippen LogP contribution is -2.35. The Balaban J connectivity index is 1.77. The Morgan fingerprint density at radius 1 is 1.35 bits per heavy atom. The molecule has 2 fully saturated rings. The van der Waals surface area contributed by atoms with E-state index in [1.807, 2.05) is 0 Å². The molecule has 2 aliphatic rings. The summed E-state index contributed by atoms with van der Waals surface area (Å²) in [6.07, 6.45) is 4.18. The fraction of sp³-hybridized carbons (Fsp3) is 0.588. The zero-order chi connectivity index (χ0) is 19.1. The predicted octanol–water partition coefficient (Wildman–Crippen LogP) is 1.77. The number of nitrogens with one attached hydrogen (secondary N) is 2. The second kappa shape index (κ2) is 6.70. The van der Waals surface area contributed by atoms with Gasteiger partial charge in [0.05, 0.1) is 0 Å². The van der Waals surface area contributed by atoms with Crippen molar-refractivity contribution in [1.29, 1.82) is 0 Å². The van der Waals surface area contributed by atoms with Gasteiger partial charge in [0.15, 0.2) is 5.82 Å². The first-order chi connectivity index (χ1) is 12.1. The third-order valence-corrected chi connectivity index (χ3v) is 6.54. The van der Waals surface area contributed by atoms with Gasteiger partial charge in [-0.3, -0.25) is 4.79 Å². The van der Waals surface area contributed by atoms with E-state index in [0.29, 0.717) is 9.72 Å². The van der Waals surface area contributed by atoms with Crippen molar-refractivity contribution in [3.8, 4) is 5.75 Å². The molecule has 0 radical (unpaired) electrons. The lowest BCUT2D eigenvalue weighted by molar-refractivity contribution is -0.117. The van der Waals surface area contributed by atoms with Gasteiger partial charge in [-0.2, -0.15) is 8.42 Å². The monoisotopic (exact) mass is 385 g/mol. The average Bonchev–Trinajstić information content (AvgIpc) is 2.80. The summed E-state index contributed by atoms with van der Waals surface area (Å²) in [7, 11) is -4.19. The number of amides is 1. The van der Waals surface area contributed by atoms with Crippen molar-refractivity contribution in [2.75, 3.05) is 10.8 Å². The van der Waals surface area contributed by atoms with Gasteiger partial charge in [0.25, 0.3) is 5.91 Å². The van der Waals surface area contributed by atoms with Crippen LogP contribution < -0.4 is 14.3 Å². The van der Waals surface area contributed by atoms with E-state index in [2.05, 4.69) is 19.2 Å². The molecule has 1 aromatic carbocycles. The van der Waals surface area contributed by atoms with Gasteiger partial charge in [-0.15, -0.1) is 0 Å². The number of carbonyl (C=O) groups is 1. The second-order valence-electron chi connectivity index (χ2n) is 7.76. The number of halogens is 1. The molecule has 3 N–H and O–H groups in total. The molecular formula is C17H24FN3O4S. The number of hydrogen-bond acceptors (Lipinski definition) is 5. The molecule has 7 nitrogen and oxygen atoms in total. The first-order valence-electron chi connectivity index (χ1n) is 8.66. The molecule has 1 aliphatic heterocycles. The summed E-state index contributed by atoms with van der Waals surface area (Å²) in [6, 6.07) is 2.95. The minimum Gasteiger partial charge on any atom is -0.506 e. The number of rotatable bonds is 4. The lowest BCUT2D eigenvalue weighted by atomic mass is 9.75. The van der Waals surface area contributed by atoms with E-state index < -0.39 is 39.9 Å². The standard InChI is InChI=1S/C17H24FN3O4S/c1-17(2)7-5-12(6-8-17)19-9-11-3-4-13(22)16(15(11)18)21-10-14(23)20-26(21,24)25/h3-4,12,19,22H,5-10H2,1-2H3,(H,20,23). The molecule has 1 amide bonds. The fourth-order valence-electron chi connectivity index (χ4n) is 3.47. The van der Waals surface area contributed by atoms with Gasteiger partial charge in [-0.25, -0.2) is 13.4 Å². The summed E-state index contributed by atoms with van der Waals surface area (Å²) < 4.78 is 41.1. The molecule has 9 heteroatoms. The van der Waals surface area contributed by atoms with Gasteiger partial charge in [0.1, 0.15) is 18.0 Å². The first kappa shape index (κ1) is 18.9. The highest BCUT2D eigenvalue weighted by molar-refractivity contribution is 7.92. The van der Waals surface area contributed by atoms with E-state index in [4.69, 9.17) is 0 Å². The Bertz CT molecular complexity index is 816. The Morgan fingerprint density at radius 3 is 2.58 bits per heavy atom. The molecule has 1 saturated carbocycles. The van der Waals surface area contributed by atoms with Crippen molar-refractivity contribution < 1.29 is 22.7 Å². The first-order valence-corrected chi connectivity index (χ1v) is 10.1. The number of phenols is 1. The summed E-state index contributed by atoms with van der Waals surface area (Å²) in [6.45, 7) is 4.14. The lowest BCUT2D eigenvalue weighted by Gasteiger charge is -2.34. The van der Waals surface area contributed by atoms with E-state index >= 15 is 0 Å². The number of anilines is 1. The van der Waals surface area contributed by atoms with Crippen molar-refractivity contribution in [3.05, 3.63) is 23.5 Å². The molecule has 0 atom stereocenters. The fourth-order valence-corrected chi connectivity index (χ4v) is 4.64. The van der Waals surface area contributed by atoms with Gasteiger partial charge in [0, 0.05) is 18.2 Å². The number of nitrogens with zero attached hydrogens (tertiary/aromatic N) is 1. The maximum atomic E-state index is 14.9. The smallest absolute Gasteiger partial charge is 0.326 e. The van der Waals surface area contributed by atoms with Gasteiger partial charge < -0.3 is 10.4 Å². The van der Waals surface area contributed by atoms with E-state index in [9.17, 15) is 22.7 Å². The van der Waals surface area contributed by atoms with Crippen LogP contribution in [0.4, 0.5) is 10.1 Å². The molecule has 0 aromatic heterocycles. The minimum atomic E-state index is -4.19. The average molecular weight is 385 g/mol. The Labute approximate surface area is 152 Å². The van der Waals surface area contributed by atoms with Gasteiger partial charge in [-0.1, -0.05) is 19.9 Å². The van der Waals surface area contributed by atoms with Crippen molar-refractivity contribution in [2.24, 2.45) is 5.41 Å². The van der Waals surface area contributed by atoms with Crippen LogP contribution in [0.1, 0.15) is 45.1 Å². The highest BCUT2D eigenvalue weighted by Gasteiger charge is 2.38. The predicted molar refractivity (Wildman–Crippen MR) is 95.4 cm³/mol. The van der Waals surface area contributed by atoms with Crippen LogP contribution in [0.15, 0.2) is 12.1 Å². The van der Waals surface area contributed by atoms with Crippen LogP contribution in [0.25, 0.3) is 0 Å². The summed E-state index contributed by atoms with van der Waals surface area (Å²) in [4.78, 5) is 11.4. The maximum Gasteiger partial charge on any atom is 0.326 e. The van der Waals surface area contributed by atoms with Gasteiger partial charge in [0.2, 0.25) is 0 Å². The van der Waals surface area contributed by atoms with E-state index in [0.717, 1.165) is 25.7 Å². The quantitative estimate of drug-likeness (QED) is 0.734. The summed E-state index contributed by atoms with van der Waals surface area (Å²) >= 11 is 0. The highest BCUT2D eigenvalue weighted by atomic mass is 32.2. The van der Waals surface area contributed by atoms with Crippen molar-refractivity contribution in [1.82, 2.24) is 10.0 Å². The molecule has 144 valence electrons. The van der Waals surface area contributed by atoms with Crippen LogP contribution in [-0.2, 0) is 21.5 Å². The van der Waals surface area contributed by atoms with Crippen LogP contribution in [0, 0.1) is 11.2 Å². The third kappa shape index (κ3) is 3.78. The minimum absolute atomic E-state index is 0.222. The second-order valence-corrected chi connectivity index (χ2v) is 9.36. The summed E-state index contributed by atoms with van der Waals surface area (Å²) in [5.41, 5.74) is 0.0864. The number of carbonyl (C=O) groups excluding carboxylic acids is 1. The Hall–Kier alpha value is -1.87. The molecule has 1 heterocycles. The topological polar surface area (TPSA) is 98.7 Å². The summed E-state index contributed by atoms with van der Waals surface area (Å²) in [5.74, 6) is -2.13. The van der Waals surface area contributed by atoms with Crippen LogP contribution in [0.5, 0.6) is 5.75 Å². The SMILES string of the molecule is CC1(C)CCC(NCc2ccc(O)c(N3CC(=O)NS3(=O)=O)c2F)CC1. The Kier molecular flexibility index (Phi) is 4.87. The number of benzene rings is 1. The molecule has 26 heavy (non-hydrogen) atoms. The van der Waals surface area contributed by atoms with Crippen molar-refractivity contribution in [2.45, 2.75) is 52.1 Å². The number of phenolic OH excluding ortho intramolecular Hbond substituents is 1. The zero-order valence-electron chi connectivity index (χ0n) is 14.9. The number of hydrogen-bond donors (Lipinski definition) is 3. The highest BCUT2D eigenvalue weighted by Crippen LogP contribution is 2.37. The molecule has 1 saturated heterocycles. The van der Waals surface area contributed by atoms with Gasteiger partial charge >= 0.3 is 10.2 Å². The molecule has 1 aliphatic carbocycles. The van der Waals surface area contributed by atoms with Crippen LogP contribution in [0.2, 0.25) is 0 Å². The maximum absolute atomic E-state index is 14.9. The molecular weight excluding hydrogens is 361 g/mol. The molecule has 1 aromatic rings. The molecule has 0 unspecified atom stereocenters. The molecule has 0 bridgehead atoms. The normalized spacial score (nSPS) is 22.4. The van der Waals surface area contributed by atoms with E-state index in [1.54, 1.807) is 4.72 Å². The van der Waals surface area contributed by atoms with E-state index in [1.165, 1.54) is 12.1 Å². The van der Waals surface area contributed by atoms with Gasteiger partial charge in [-0.05, 0) is 37.2 Å². The van der Waals surface area contributed by atoms with E-state index in [-0.39, 0.29) is 18.2 Å². The van der Waals surface area contributed by atoms with Crippen molar-refractivity contribution in [3.63, 3.8) is 0 Å². The zero-order valence-corrected chi connectivity index (χ0v) is 15.7. The van der Waals surface area contributed by atoms with Crippen LogP contribution in [-0.4, -0.2) is 32.0 Å². The molecule has 3 rings (SSSR count). The third-order valence-electron chi connectivity index (χ3n) is 5.16. The summed E-state index contributed by atoms with van der Waals surface area (Å²) in [5, 5.41) is 13.3. The largest absolute Gasteiger partial charge is 0.506 e. The Morgan fingerprint density at radius 2 is 2.00 bits per heavy atom. The number of aromatic hydroxyl groups is 1. The van der Waals surface area contributed by atoms with Crippen LogP contribution in [0.3, 0.4) is 0 Å². The van der Waals surface area contributed by atoms with Crippen LogP contribution >= 0.6 is 0 Å².